The molecule has 1 aromatic heterocycles. The molecule has 6 nitrogen and oxygen atoms in total. The molecule has 0 aliphatic rings. The number of hydrogen-bond acceptors (Lipinski definition) is 5. The summed E-state index contributed by atoms with van der Waals surface area (Å²) >= 11 is 5.54. The highest BCUT2D eigenvalue weighted by Gasteiger charge is 2.33. The SMILES string of the molecule is CCOc1ncccc1C(=O)OC(C)C(=O)Nc1ccc(Cl)c(C(F)(F)F)c1. The smallest absolute Gasteiger partial charge is 0.417 e. The highest BCUT2D eigenvalue weighted by molar-refractivity contribution is 6.31. The molecule has 0 radical (unpaired) electrons. The lowest BCUT2D eigenvalue weighted by atomic mass is 10.2. The van der Waals surface area contributed by atoms with Crippen LogP contribution in [0.25, 0.3) is 0 Å². The van der Waals surface area contributed by atoms with E-state index in [1.165, 1.54) is 31.3 Å². The summed E-state index contributed by atoms with van der Waals surface area (Å²) in [5, 5.41) is 1.76. The lowest BCUT2D eigenvalue weighted by molar-refractivity contribution is -0.137. The maximum atomic E-state index is 12.9. The number of carbonyl (C=O) groups is 2. The standard InChI is InChI=1S/C18H16ClF3N2O4/c1-3-27-16-12(5-4-8-23-16)17(26)28-10(2)15(25)24-11-6-7-14(19)13(9-11)18(20,21)22/h4-10H,3H2,1-2H3,(H,24,25). The van der Waals surface area contributed by atoms with Crippen LogP contribution in [-0.2, 0) is 15.7 Å². The van der Waals surface area contributed by atoms with Gasteiger partial charge in [0.05, 0.1) is 17.2 Å². The summed E-state index contributed by atoms with van der Waals surface area (Å²) < 4.78 is 49.0. The minimum Gasteiger partial charge on any atom is -0.477 e. The summed E-state index contributed by atoms with van der Waals surface area (Å²) in [6.07, 6.45) is -4.53. The minimum absolute atomic E-state index is 0.0230. The number of esters is 1. The molecule has 2 aromatic rings. The second-order valence-electron chi connectivity index (χ2n) is 5.52. The highest BCUT2D eigenvalue weighted by Crippen LogP contribution is 2.36. The van der Waals surface area contributed by atoms with E-state index in [-0.39, 0.29) is 23.7 Å². The molecule has 0 saturated heterocycles. The van der Waals surface area contributed by atoms with E-state index >= 15 is 0 Å². The van der Waals surface area contributed by atoms with E-state index in [1.807, 2.05) is 0 Å². The van der Waals surface area contributed by atoms with E-state index < -0.39 is 34.7 Å². The lowest BCUT2D eigenvalue weighted by Gasteiger charge is -2.16. The van der Waals surface area contributed by atoms with Crippen molar-refractivity contribution in [3.05, 3.63) is 52.7 Å². The van der Waals surface area contributed by atoms with Crippen molar-refractivity contribution < 1.29 is 32.2 Å². The van der Waals surface area contributed by atoms with E-state index in [4.69, 9.17) is 21.1 Å². The second kappa shape index (κ2) is 8.92. The number of nitrogens with zero attached hydrogens (tertiary/aromatic N) is 1. The fourth-order valence-corrected chi connectivity index (χ4v) is 2.36. The van der Waals surface area contributed by atoms with Crippen molar-refractivity contribution in [2.24, 2.45) is 0 Å². The Kier molecular flexibility index (Phi) is 6.85. The first kappa shape index (κ1) is 21.5. The van der Waals surface area contributed by atoms with Crippen molar-refractivity contribution in [3.63, 3.8) is 0 Å². The zero-order chi connectivity index (χ0) is 20.9. The molecule has 1 aromatic carbocycles. The van der Waals surface area contributed by atoms with Crippen LogP contribution >= 0.6 is 11.6 Å². The van der Waals surface area contributed by atoms with Crippen molar-refractivity contribution in [1.29, 1.82) is 0 Å². The Balaban J connectivity index is 2.09. The average Bonchev–Trinajstić information content (AvgIpc) is 2.63. The topological polar surface area (TPSA) is 77.5 Å². The summed E-state index contributed by atoms with van der Waals surface area (Å²) in [5.41, 5.74) is -1.20. The number of nitrogens with one attached hydrogen (secondary N) is 1. The summed E-state index contributed by atoms with van der Waals surface area (Å²) in [7, 11) is 0. The van der Waals surface area contributed by atoms with Gasteiger partial charge in [-0.05, 0) is 44.2 Å². The van der Waals surface area contributed by atoms with Crippen LogP contribution in [0.15, 0.2) is 36.5 Å². The van der Waals surface area contributed by atoms with Gasteiger partial charge in [0.1, 0.15) is 5.56 Å². The number of halogens is 4. The molecule has 1 N–H and O–H groups in total. The average molecular weight is 417 g/mol. The predicted octanol–water partition coefficient (Wildman–Crippen LogP) is 4.34. The lowest BCUT2D eigenvalue weighted by Crippen LogP contribution is -2.30. The van der Waals surface area contributed by atoms with E-state index in [9.17, 15) is 22.8 Å². The number of amides is 1. The fourth-order valence-electron chi connectivity index (χ4n) is 2.14. The van der Waals surface area contributed by atoms with Crippen molar-refractivity contribution in [3.8, 4) is 5.88 Å². The molecule has 1 heterocycles. The number of pyridine rings is 1. The van der Waals surface area contributed by atoms with E-state index in [2.05, 4.69) is 10.3 Å². The number of hydrogen-bond donors (Lipinski definition) is 1. The maximum Gasteiger partial charge on any atom is 0.417 e. The molecular formula is C18H16ClF3N2O4. The minimum atomic E-state index is -4.67. The third-order valence-corrected chi connectivity index (χ3v) is 3.79. The number of anilines is 1. The number of aromatic nitrogens is 1. The van der Waals surface area contributed by atoms with Crippen molar-refractivity contribution in [1.82, 2.24) is 4.98 Å². The number of alkyl halides is 3. The predicted molar refractivity (Wildman–Crippen MR) is 95.4 cm³/mol. The van der Waals surface area contributed by atoms with Crippen molar-refractivity contribution in [2.75, 3.05) is 11.9 Å². The van der Waals surface area contributed by atoms with Gasteiger partial charge >= 0.3 is 12.1 Å². The molecule has 0 fully saturated rings. The molecule has 150 valence electrons. The molecule has 0 spiro atoms. The summed E-state index contributed by atoms with van der Waals surface area (Å²) in [6, 6.07) is 5.83. The first-order chi connectivity index (χ1) is 13.1. The number of ether oxygens (including phenoxy) is 2. The molecule has 28 heavy (non-hydrogen) atoms. The van der Waals surface area contributed by atoms with Crippen LogP contribution in [0.4, 0.5) is 18.9 Å². The summed E-state index contributed by atoms with van der Waals surface area (Å²) in [6.45, 7) is 3.26. The molecule has 1 atom stereocenters. The van der Waals surface area contributed by atoms with Gasteiger partial charge in [0, 0.05) is 11.9 Å². The van der Waals surface area contributed by atoms with Crippen molar-refractivity contribution >= 4 is 29.2 Å². The highest BCUT2D eigenvalue weighted by atomic mass is 35.5. The Morgan fingerprint density at radius 2 is 2.00 bits per heavy atom. The third-order valence-electron chi connectivity index (χ3n) is 3.46. The monoisotopic (exact) mass is 416 g/mol. The van der Waals surface area contributed by atoms with Gasteiger partial charge in [-0.3, -0.25) is 4.79 Å². The van der Waals surface area contributed by atoms with E-state index in [1.54, 1.807) is 6.92 Å². The summed E-state index contributed by atoms with van der Waals surface area (Å²) in [4.78, 5) is 28.3. The van der Waals surface area contributed by atoms with Gasteiger partial charge in [-0.25, -0.2) is 9.78 Å². The maximum absolute atomic E-state index is 12.9. The van der Waals surface area contributed by atoms with Crippen LogP contribution in [0, 0.1) is 0 Å². The molecule has 1 unspecified atom stereocenters. The zero-order valence-corrected chi connectivity index (χ0v) is 15.6. The van der Waals surface area contributed by atoms with Gasteiger partial charge in [0.15, 0.2) is 6.10 Å². The zero-order valence-electron chi connectivity index (χ0n) is 14.8. The van der Waals surface area contributed by atoms with Crippen molar-refractivity contribution in [2.45, 2.75) is 26.1 Å². The Labute approximate surface area is 163 Å². The first-order valence-electron chi connectivity index (χ1n) is 8.10. The summed E-state index contributed by atoms with van der Waals surface area (Å²) in [5.74, 6) is -1.62. The molecule has 1 amide bonds. The molecule has 2 rings (SSSR count). The molecule has 0 aliphatic heterocycles. The Bertz CT molecular complexity index is 874. The third kappa shape index (κ3) is 5.35. The molecular weight excluding hydrogens is 401 g/mol. The number of rotatable bonds is 6. The van der Waals surface area contributed by atoms with Gasteiger partial charge in [0.2, 0.25) is 5.88 Å². The molecule has 0 saturated carbocycles. The molecule has 0 bridgehead atoms. The van der Waals surface area contributed by atoms with Crippen LogP contribution in [0.5, 0.6) is 5.88 Å². The Morgan fingerprint density at radius 3 is 2.64 bits per heavy atom. The normalized spacial score (nSPS) is 12.2. The molecule has 10 heteroatoms. The van der Waals surface area contributed by atoms with Gasteiger partial charge in [-0.2, -0.15) is 13.2 Å². The van der Waals surface area contributed by atoms with E-state index in [0.29, 0.717) is 6.07 Å². The largest absolute Gasteiger partial charge is 0.477 e. The second-order valence-corrected chi connectivity index (χ2v) is 5.93. The Morgan fingerprint density at radius 1 is 1.29 bits per heavy atom. The number of carbonyl (C=O) groups excluding carboxylic acids is 2. The van der Waals surface area contributed by atoms with Crippen LogP contribution in [-0.4, -0.2) is 29.6 Å². The van der Waals surface area contributed by atoms with Gasteiger partial charge in [-0.15, -0.1) is 0 Å². The van der Waals surface area contributed by atoms with E-state index in [0.717, 1.165) is 6.07 Å². The van der Waals surface area contributed by atoms with Gasteiger partial charge in [0.25, 0.3) is 5.91 Å². The quantitative estimate of drug-likeness (QED) is 0.709. The van der Waals surface area contributed by atoms with Gasteiger partial charge in [-0.1, -0.05) is 11.6 Å². The molecule has 0 aliphatic carbocycles. The first-order valence-corrected chi connectivity index (χ1v) is 8.47. The number of benzene rings is 1. The van der Waals surface area contributed by atoms with Gasteiger partial charge < -0.3 is 14.8 Å². The fraction of sp³-hybridized carbons (Fsp3) is 0.278. The Hall–Kier alpha value is -2.81. The van der Waals surface area contributed by atoms with Crippen LogP contribution in [0.3, 0.4) is 0 Å². The van der Waals surface area contributed by atoms with Crippen LogP contribution < -0.4 is 10.1 Å². The van der Waals surface area contributed by atoms with Crippen LogP contribution in [0.2, 0.25) is 5.02 Å². The van der Waals surface area contributed by atoms with Crippen LogP contribution in [0.1, 0.15) is 29.8 Å².